The predicted molar refractivity (Wildman–Crippen MR) is 83.3 cm³/mol. The van der Waals surface area contributed by atoms with Crippen LogP contribution in [0.15, 0.2) is 61.2 Å². The summed E-state index contributed by atoms with van der Waals surface area (Å²) in [6.07, 6.45) is 7.19. The molecule has 0 bridgehead atoms. The van der Waals surface area contributed by atoms with Gasteiger partial charge in [0.15, 0.2) is 0 Å². The average molecular weight is 326 g/mol. The molecule has 0 spiro atoms. The van der Waals surface area contributed by atoms with Crippen molar-refractivity contribution < 1.29 is 0 Å². The molecule has 20 heavy (non-hydrogen) atoms. The number of hydrogen-bond donors (Lipinski definition) is 0. The molecule has 3 nitrogen and oxygen atoms in total. The molecule has 0 unspecified atom stereocenters. The van der Waals surface area contributed by atoms with Crippen molar-refractivity contribution in [1.29, 1.82) is 0 Å². The number of nitrogens with zero attached hydrogens (tertiary/aromatic N) is 3. The van der Waals surface area contributed by atoms with Gasteiger partial charge >= 0.3 is 0 Å². The molecule has 3 heterocycles. The third-order valence-electron chi connectivity index (χ3n) is 3.02. The lowest BCUT2D eigenvalue weighted by molar-refractivity contribution is 1.23. The summed E-state index contributed by atoms with van der Waals surface area (Å²) in [6.45, 7) is 0. The summed E-state index contributed by atoms with van der Waals surface area (Å²) in [5.74, 6) is 0. The van der Waals surface area contributed by atoms with E-state index in [0.717, 1.165) is 33.4 Å². The lowest BCUT2D eigenvalue weighted by Crippen LogP contribution is -1.94. The van der Waals surface area contributed by atoms with Crippen LogP contribution in [0.3, 0.4) is 0 Å². The number of pyridine rings is 3. The monoisotopic (exact) mass is 325 g/mol. The van der Waals surface area contributed by atoms with E-state index in [2.05, 4.69) is 32.0 Å². The van der Waals surface area contributed by atoms with E-state index < -0.39 is 0 Å². The predicted octanol–water partition coefficient (Wildman–Crippen LogP) is 4.10. The molecule has 0 aliphatic heterocycles. The summed E-state index contributed by atoms with van der Waals surface area (Å²) in [7, 11) is 0. The lowest BCUT2D eigenvalue weighted by atomic mass is 10.1. The fourth-order valence-electron chi connectivity index (χ4n) is 2.02. The topological polar surface area (TPSA) is 38.7 Å². The maximum atomic E-state index is 4.77. The van der Waals surface area contributed by atoms with Gasteiger partial charge in [0, 0.05) is 41.2 Å². The number of rotatable bonds is 3. The molecule has 0 aliphatic rings. The molecule has 0 fully saturated rings. The Balaban J connectivity index is 2.13. The van der Waals surface area contributed by atoms with E-state index in [-0.39, 0.29) is 0 Å². The SMILES string of the molecule is BrCc1ccc(-c2cccnc2)nc1-c1cccnc1. The van der Waals surface area contributed by atoms with E-state index in [9.17, 15) is 0 Å². The highest BCUT2D eigenvalue weighted by atomic mass is 79.9. The molecule has 0 saturated carbocycles. The quantitative estimate of drug-likeness (QED) is 0.680. The maximum absolute atomic E-state index is 4.77. The number of alkyl halides is 1. The first-order valence-electron chi connectivity index (χ1n) is 6.25. The first-order chi connectivity index (χ1) is 9.88. The molecule has 0 N–H and O–H groups in total. The molecule has 3 aromatic heterocycles. The van der Waals surface area contributed by atoms with Crippen LogP contribution in [0.5, 0.6) is 0 Å². The Kier molecular flexibility index (Phi) is 3.83. The Morgan fingerprint density at radius 1 is 0.850 bits per heavy atom. The molecule has 0 amide bonds. The zero-order chi connectivity index (χ0) is 13.8. The van der Waals surface area contributed by atoms with Gasteiger partial charge in [-0.1, -0.05) is 22.0 Å². The number of halogens is 1. The zero-order valence-electron chi connectivity index (χ0n) is 10.7. The molecule has 98 valence electrons. The van der Waals surface area contributed by atoms with Gasteiger partial charge < -0.3 is 0 Å². The van der Waals surface area contributed by atoms with Crippen molar-refractivity contribution in [2.45, 2.75) is 5.33 Å². The molecule has 3 aromatic rings. The second kappa shape index (κ2) is 5.92. The highest BCUT2D eigenvalue weighted by Crippen LogP contribution is 2.26. The second-order valence-corrected chi connectivity index (χ2v) is 4.88. The first-order valence-corrected chi connectivity index (χ1v) is 7.37. The largest absolute Gasteiger partial charge is 0.264 e. The van der Waals surface area contributed by atoms with Gasteiger partial charge in [-0.15, -0.1) is 0 Å². The Morgan fingerprint density at radius 2 is 1.55 bits per heavy atom. The van der Waals surface area contributed by atoms with Gasteiger partial charge in [-0.3, -0.25) is 9.97 Å². The lowest BCUT2D eigenvalue weighted by Gasteiger charge is -2.09. The smallest absolute Gasteiger partial charge is 0.0765 e. The van der Waals surface area contributed by atoms with Crippen molar-refractivity contribution >= 4 is 15.9 Å². The van der Waals surface area contributed by atoms with Crippen molar-refractivity contribution in [3.05, 3.63) is 66.7 Å². The van der Waals surface area contributed by atoms with Crippen LogP contribution in [0.2, 0.25) is 0 Å². The van der Waals surface area contributed by atoms with Gasteiger partial charge in [0.05, 0.1) is 11.4 Å². The molecule has 3 rings (SSSR count). The minimum Gasteiger partial charge on any atom is -0.264 e. The summed E-state index contributed by atoms with van der Waals surface area (Å²) in [5, 5.41) is 0.761. The normalized spacial score (nSPS) is 10.4. The maximum Gasteiger partial charge on any atom is 0.0765 e. The van der Waals surface area contributed by atoms with Crippen molar-refractivity contribution in [2.75, 3.05) is 0 Å². The van der Waals surface area contributed by atoms with Crippen LogP contribution in [-0.2, 0) is 5.33 Å². The van der Waals surface area contributed by atoms with Gasteiger partial charge in [-0.2, -0.15) is 0 Å². The molecular formula is C16H12BrN3. The van der Waals surface area contributed by atoms with Gasteiger partial charge in [-0.05, 0) is 35.9 Å². The average Bonchev–Trinajstić information content (AvgIpc) is 2.56. The standard InChI is InChI=1S/C16H12BrN3/c17-9-12-5-6-15(13-3-1-7-18-10-13)20-16(12)14-4-2-8-19-11-14/h1-8,10-11H,9H2. The van der Waals surface area contributed by atoms with Crippen LogP contribution in [0, 0.1) is 0 Å². The van der Waals surface area contributed by atoms with E-state index in [1.165, 1.54) is 0 Å². The fourth-order valence-corrected chi connectivity index (χ4v) is 2.48. The van der Waals surface area contributed by atoms with Crippen LogP contribution >= 0.6 is 15.9 Å². The zero-order valence-corrected chi connectivity index (χ0v) is 12.3. The van der Waals surface area contributed by atoms with Crippen LogP contribution in [0.25, 0.3) is 22.5 Å². The summed E-state index contributed by atoms with van der Waals surface area (Å²) >= 11 is 3.51. The van der Waals surface area contributed by atoms with Crippen molar-refractivity contribution in [2.24, 2.45) is 0 Å². The molecule has 0 aromatic carbocycles. The minimum atomic E-state index is 0.761. The molecule has 0 saturated heterocycles. The Bertz CT molecular complexity index is 699. The Morgan fingerprint density at radius 3 is 2.15 bits per heavy atom. The van der Waals surface area contributed by atoms with E-state index in [1.807, 2.05) is 42.7 Å². The van der Waals surface area contributed by atoms with Crippen molar-refractivity contribution in [1.82, 2.24) is 15.0 Å². The summed E-state index contributed by atoms with van der Waals surface area (Å²) in [4.78, 5) is 13.1. The van der Waals surface area contributed by atoms with E-state index in [0.29, 0.717) is 0 Å². The molecular weight excluding hydrogens is 314 g/mol. The van der Waals surface area contributed by atoms with Crippen LogP contribution in [-0.4, -0.2) is 15.0 Å². The first kappa shape index (κ1) is 12.9. The van der Waals surface area contributed by atoms with Crippen LogP contribution in [0.1, 0.15) is 5.56 Å². The fraction of sp³-hybridized carbons (Fsp3) is 0.0625. The Hall–Kier alpha value is -2.07. The van der Waals surface area contributed by atoms with Crippen LogP contribution in [0.4, 0.5) is 0 Å². The van der Waals surface area contributed by atoms with Crippen molar-refractivity contribution in [3.63, 3.8) is 0 Å². The van der Waals surface area contributed by atoms with E-state index >= 15 is 0 Å². The van der Waals surface area contributed by atoms with Gasteiger partial charge in [0.2, 0.25) is 0 Å². The number of hydrogen-bond acceptors (Lipinski definition) is 3. The minimum absolute atomic E-state index is 0.761. The number of aromatic nitrogens is 3. The summed E-state index contributed by atoms with van der Waals surface area (Å²) < 4.78 is 0. The highest BCUT2D eigenvalue weighted by Gasteiger charge is 2.09. The van der Waals surface area contributed by atoms with Gasteiger partial charge in [-0.25, -0.2) is 4.98 Å². The Labute approximate surface area is 125 Å². The molecule has 4 heteroatoms. The molecule has 0 radical (unpaired) electrons. The van der Waals surface area contributed by atoms with E-state index in [1.54, 1.807) is 12.4 Å². The van der Waals surface area contributed by atoms with Gasteiger partial charge in [0.25, 0.3) is 0 Å². The second-order valence-electron chi connectivity index (χ2n) is 4.32. The summed E-state index contributed by atoms with van der Waals surface area (Å²) in [5.41, 5.74) is 5.05. The van der Waals surface area contributed by atoms with Gasteiger partial charge in [0.1, 0.15) is 0 Å². The van der Waals surface area contributed by atoms with Crippen molar-refractivity contribution in [3.8, 4) is 22.5 Å². The van der Waals surface area contributed by atoms with Crippen LogP contribution < -0.4 is 0 Å². The third-order valence-corrected chi connectivity index (χ3v) is 3.62. The summed E-state index contributed by atoms with van der Waals surface area (Å²) in [6, 6.07) is 12.0. The van der Waals surface area contributed by atoms with E-state index in [4.69, 9.17) is 4.98 Å². The molecule has 0 aliphatic carbocycles. The third kappa shape index (κ3) is 2.60. The highest BCUT2D eigenvalue weighted by molar-refractivity contribution is 9.08. The molecule has 0 atom stereocenters.